The number of esters is 1. The minimum atomic E-state index is -0.251. The van der Waals surface area contributed by atoms with Crippen LogP contribution in [0, 0.1) is 0 Å². The molecule has 0 aromatic heterocycles. The summed E-state index contributed by atoms with van der Waals surface area (Å²) >= 11 is 0. The first-order chi connectivity index (χ1) is 8.67. The number of carbonyl (C=O) groups is 2. The third-order valence-corrected chi connectivity index (χ3v) is 3.11. The quantitative estimate of drug-likeness (QED) is 0.516. The first kappa shape index (κ1) is 14.7. The van der Waals surface area contributed by atoms with Crippen LogP contribution < -0.4 is 0 Å². The van der Waals surface area contributed by atoms with Gasteiger partial charge in [0, 0.05) is 45.6 Å². The van der Waals surface area contributed by atoms with E-state index in [0.29, 0.717) is 19.3 Å². The fourth-order valence-electron chi connectivity index (χ4n) is 2.01. The number of ether oxygens (including phenoxy) is 1. The Hall–Kier alpha value is -1.36. The predicted molar refractivity (Wildman–Crippen MR) is 69.1 cm³/mol. The lowest BCUT2D eigenvalue weighted by molar-refractivity contribution is -0.141. The number of methoxy groups -OCH3 is 1. The van der Waals surface area contributed by atoms with Crippen molar-refractivity contribution in [3.63, 3.8) is 0 Å². The van der Waals surface area contributed by atoms with Crippen LogP contribution in [0.15, 0.2) is 12.7 Å². The van der Waals surface area contributed by atoms with Crippen molar-refractivity contribution in [3.05, 3.63) is 12.7 Å². The van der Waals surface area contributed by atoms with Crippen molar-refractivity contribution in [2.24, 2.45) is 0 Å². The van der Waals surface area contributed by atoms with E-state index in [1.54, 1.807) is 0 Å². The summed E-state index contributed by atoms with van der Waals surface area (Å²) < 4.78 is 4.54. The van der Waals surface area contributed by atoms with E-state index in [-0.39, 0.29) is 11.9 Å². The summed E-state index contributed by atoms with van der Waals surface area (Å²) in [5, 5.41) is 0. The molecule has 18 heavy (non-hydrogen) atoms. The molecule has 1 amide bonds. The van der Waals surface area contributed by atoms with Crippen molar-refractivity contribution >= 4 is 11.9 Å². The summed E-state index contributed by atoms with van der Waals surface area (Å²) in [7, 11) is 1.36. The van der Waals surface area contributed by atoms with Gasteiger partial charge in [-0.2, -0.15) is 0 Å². The molecule has 0 unspecified atom stereocenters. The Morgan fingerprint density at radius 3 is 2.44 bits per heavy atom. The van der Waals surface area contributed by atoms with Crippen molar-refractivity contribution in [1.82, 2.24) is 9.80 Å². The highest BCUT2D eigenvalue weighted by molar-refractivity contribution is 5.77. The third kappa shape index (κ3) is 4.87. The normalized spacial score (nSPS) is 16.4. The Bertz CT molecular complexity index is 297. The molecular formula is C13H22N2O3. The molecule has 5 heteroatoms. The summed E-state index contributed by atoms with van der Waals surface area (Å²) in [6.07, 6.45) is 3.20. The first-order valence-electron chi connectivity index (χ1n) is 6.35. The predicted octanol–water partition coefficient (Wildman–Crippen LogP) is 0.660. The van der Waals surface area contributed by atoms with Crippen LogP contribution in [0.5, 0.6) is 0 Å². The molecule has 102 valence electrons. The molecular weight excluding hydrogens is 232 g/mol. The van der Waals surface area contributed by atoms with Crippen molar-refractivity contribution in [3.8, 4) is 0 Å². The van der Waals surface area contributed by atoms with Gasteiger partial charge in [-0.15, -0.1) is 6.58 Å². The Balaban J connectivity index is 2.19. The molecule has 0 aliphatic carbocycles. The van der Waals surface area contributed by atoms with Gasteiger partial charge >= 0.3 is 5.97 Å². The molecule has 1 fully saturated rings. The minimum absolute atomic E-state index is 0.136. The summed E-state index contributed by atoms with van der Waals surface area (Å²) in [6, 6.07) is 0. The highest BCUT2D eigenvalue weighted by atomic mass is 16.5. The molecule has 0 aromatic carbocycles. The average Bonchev–Trinajstić information content (AvgIpc) is 2.39. The second-order valence-corrected chi connectivity index (χ2v) is 4.40. The average molecular weight is 254 g/mol. The Labute approximate surface area is 108 Å². The topological polar surface area (TPSA) is 49.9 Å². The fraction of sp³-hybridized carbons (Fsp3) is 0.692. The van der Waals surface area contributed by atoms with Gasteiger partial charge in [-0.25, -0.2) is 0 Å². The highest BCUT2D eigenvalue weighted by Crippen LogP contribution is 2.06. The monoisotopic (exact) mass is 254 g/mol. The molecule has 1 heterocycles. The van der Waals surface area contributed by atoms with E-state index in [1.807, 2.05) is 11.0 Å². The second-order valence-electron chi connectivity index (χ2n) is 4.40. The summed E-state index contributed by atoms with van der Waals surface area (Å²) in [5.41, 5.74) is 0. The summed E-state index contributed by atoms with van der Waals surface area (Å²) in [6.45, 7) is 7.92. The van der Waals surface area contributed by atoms with Gasteiger partial charge in [0.1, 0.15) is 0 Å². The van der Waals surface area contributed by atoms with Gasteiger partial charge < -0.3 is 9.64 Å². The molecule has 0 aromatic rings. The summed E-state index contributed by atoms with van der Waals surface area (Å²) in [5.74, 6) is -0.115. The number of carbonyl (C=O) groups excluding carboxylic acids is 2. The number of nitrogens with zero attached hydrogens (tertiary/aromatic N) is 2. The highest BCUT2D eigenvalue weighted by Gasteiger charge is 2.19. The van der Waals surface area contributed by atoms with Crippen LogP contribution in [0.1, 0.15) is 19.3 Å². The van der Waals surface area contributed by atoms with Crippen molar-refractivity contribution in [1.29, 1.82) is 0 Å². The van der Waals surface area contributed by atoms with Gasteiger partial charge in [-0.1, -0.05) is 6.08 Å². The van der Waals surface area contributed by atoms with Gasteiger partial charge in [0.15, 0.2) is 0 Å². The van der Waals surface area contributed by atoms with Gasteiger partial charge in [0.05, 0.1) is 7.11 Å². The Morgan fingerprint density at radius 2 is 1.89 bits per heavy atom. The van der Waals surface area contributed by atoms with E-state index in [2.05, 4.69) is 16.2 Å². The van der Waals surface area contributed by atoms with E-state index in [0.717, 1.165) is 32.7 Å². The zero-order chi connectivity index (χ0) is 13.4. The molecule has 1 aliphatic rings. The van der Waals surface area contributed by atoms with E-state index >= 15 is 0 Å². The number of rotatable bonds is 6. The third-order valence-electron chi connectivity index (χ3n) is 3.11. The lowest BCUT2D eigenvalue weighted by atomic mass is 10.2. The molecule has 0 radical (unpaired) electrons. The first-order valence-corrected chi connectivity index (χ1v) is 6.35. The minimum Gasteiger partial charge on any atom is -0.469 e. The second kappa shape index (κ2) is 7.87. The molecule has 0 spiro atoms. The summed E-state index contributed by atoms with van der Waals surface area (Å²) in [4.78, 5) is 26.9. The maximum atomic E-state index is 11.9. The standard InChI is InChI=1S/C13H22N2O3/c1-3-7-14-8-10-15(11-9-14)12(16)5-4-6-13(17)18-2/h3H,1,4-11H2,2H3. The van der Waals surface area contributed by atoms with Gasteiger partial charge in [-0.05, 0) is 6.42 Å². The van der Waals surface area contributed by atoms with Gasteiger partial charge in [-0.3, -0.25) is 14.5 Å². The van der Waals surface area contributed by atoms with Crippen LogP contribution in [-0.2, 0) is 14.3 Å². The lowest BCUT2D eigenvalue weighted by Gasteiger charge is -2.34. The molecule has 0 bridgehead atoms. The van der Waals surface area contributed by atoms with Gasteiger partial charge in [0.2, 0.25) is 5.91 Å². The van der Waals surface area contributed by atoms with Crippen LogP contribution >= 0.6 is 0 Å². The molecule has 1 aliphatic heterocycles. The zero-order valence-electron chi connectivity index (χ0n) is 11.1. The smallest absolute Gasteiger partial charge is 0.305 e. The van der Waals surface area contributed by atoms with Crippen LogP contribution in [0.3, 0.4) is 0 Å². The zero-order valence-corrected chi connectivity index (χ0v) is 11.1. The van der Waals surface area contributed by atoms with Crippen LogP contribution in [0.2, 0.25) is 0 Å². The molecule has 0 saturated carbocycles. The maximum absolute atomic E-state index is 11.9. The van der Waals surface area contributed by atoms with Gasteiger partial charge in [0.25, 0.3) is 0 Å². The molecule has 5 nitrogen and oxygen atoms in total. The number of piperazine rings is 1. The van der Waals surface area contributed by atoms with E-state index < -0.39 is 0 Å². The Kier molecular flexibility index (Phi) is 6.43. The van der Waals surface area contributed by atoms with Crippen LogP contribution in [-0.4, -0.2) is 61.5 Å². The van der Waals surface area contributed by atoms with E-state index in [9.17, 15) is 9.59 Å². The number of hydrogen-bond acceptors (Lipinski definition) is 4. The fourth-order valence-corrected chi connectivity index (χ4v) is 2.01. The number of hydrogen-bond donors (Lipinski definition) is 0. The van der Waals surface area contributed by atoms with Crippen LogP contribution in [0.25, 0.3) is 0 Å². The van der Waals surface area contributed by atoms with E-state index in [4.69, 9.17) is 0 Å². The van der Waals surface area contributed by atoms with E-state index in [1.165, 1.54) is 7.11 Å². The molecule has 0 N–H and O–H groups in total. The van der Waals surface area contributed by atoms with Crippen LogP contribution in [0.4, 0.5) is 0 Å². The SMILES string of the molecule is C=CCN1CCN(C(=O)CCCC(=O)OC)CC1. The number of amides is 1. The maximum Gasteiger partial charge on any atom is 0.305 e. The molecule has 0 atom stereocenters. The Morgan fingerprint density at radius 1 is 1.22 bits per heavy atom. The van der Waals surface area contributed by atoms with Crippen molar-refractivity contribution in [2.45, 2.75) is 19.3 Å². The van der Waals surface area contributed by atoms with Crippen molar-refractivity contribution in [2.75, 3.05) is 39.8 Å². The molecule has 1 rings (SSSR count). The lowest BCUT2D eigenvalue weighted by Crippen LogP contribution is -2.48. The van der Waals surface area contributed by atoms with Crippen molar-refractivity contribution < 1.29 is 14.3 Å². The molecule has 1 saturated heterocycles. The largest absolute Gasteiger partial charge is 0.469 e.